The van der Waals surface area contributed by atoms with E-state index in [-0.39, 0.29) is 18.7 Å². The summed E-state index contributed by atoms with van der Waals surface area (Å²) in [5, 5.41) is 7.32. The maximum absolute atomic E-state index is 12.3. The monoisotopic (exact) mass is 285 g/mol. The van der Waals surface area contributed by atoms with Crippen molar-refractivity contribution in [2.45, 2.75) is 25.4 Å². The third kappa shape index (κ3) is 2.22. The van der Waals surface area contributed by atoms with E-state index in [1.165, 1.54) is 0 Å². The van der Waals surface area contributed by atoms with Gasteiger partial charge in [-0.25, -0.2) is 0 Å². The summed E-state index contributed by atoms with van der Waals surface area (Å²) >= 11 is 0. The average molecular weight is 285 g/mol. The van der Waals surface area contributed by atoms with E-state index in [0.29, 0.717) is 17.1 Å². The van der Waals surface area contributed by atoms with Crippen LogP contribution in [0.5, 0.6) is 11.5 Å². The molecule has 6 nitrogen and oxygen atoms in total. The van der Waals surface area contributed by atoms with Gasteiger partial charge in [-0.3, -0.25) is 9.48 Å². The highest BCUT2D eigenvalue weighted by Gasteiger charge is 2.22. The largest absolute Gasteiger partial charge is 0.454 e. The number of nitrogens with one attached hydrogen (secondary N) is 1. The summed E-state index contributed by atoms with van der Waals surface area (Å²) in [6.45, 7) is 1.06. The van der Waals surface area contributed by atoms with Crippen molar-refractivity contribution in [1.29, 1.82) is 0 Å². The maximum Gasteiger partial charge on any atom is 0.251 e. The van der Waals surface area contributed by atoms with E-state index >= 15 is 0 Å². The highest BCUT2D eigenvalue weighted by molar-refractivity contribution is 5.95. The summed E-state index contributed by atoms with van der Waals surface area (Å²) in [4.78, 5) is 12.3. The Balaban J connectivity index is 1.47. The first-order chi connectivity index (χ1) is 10.3. The Bertz CT molecular complexity index is 695. The summed E-state index contributed by atoms with van der Waals surface area (Å²) in [6.07, 6.45) is 3.51. The zero-order chi connectivity index (χ0) is 14.2. The van der Waals surface area contributed by atoms with Gasteiger partial charge in [-0.05, 0) is 30.7 Å². The van der Waals surface area contributed by atoms with Gasteiger partial charge >= 0.3 is 0 Å². The number of hydrogen-bond donors (Lipinski definition) is 1. The summed E-state index contributed by atoms with van der Waals surface area (Å²) in [5.74, 6) is 1.24. The highest BCUT2D eigenvalue weighted by Crippen LogP contribution is 2.32. The predicted molar refractivity (Wildman–Crippen MR) is 74.4 cm³/mol. The molecule has 0 saturated carbocycles. The molecular formula is C15H15N3O3. The van der Waals surface area contributed by atoms with Gasteiger partial charge in [0.05, 0.1) is 0 Å². The molecule has 108 valence electrons. The van der Waals surface area contributed by atoms with Crippen LogP contribution >= 0.6 is 0 Å². The van der Waals surface area contributed by atoms with Crippen LogP contribution in [0.3, 0.4) is 0 Å². The Hall–Kier alpha value is -2.50. The van der Waals surface area contributed by atoms with Gasteiger partial charge in [0.1, 0.15) is 0 Å². The van der Waals surface area contributed by atoms with E-state index in [4.69, 9.17) is 9.47 Å². The summed E-state index contributed by atoms with van der Waals surface area (Å²) in [7, 11) is 0. The molecule has 2 aliphatic heterocycles. The smallest absolute Gasteiger partial charge is 0.251 e. The Kier molecular flexibility index (Phi) is 2.80. The summed E-state index contributed by atoms with van der Waals surface area (Å²) in [6, 6.07) is 7.40. The second kappa shape index (κ2) is 4.80. The highest BCUT2D eigenvalue weighted by atomic mass is 16.7. The lowest BCUT2D eigenvalue weighted by Crippen LogP contribution is -2.40. The minimum Gasteiger partial charge on any atom is -0.454 e. The molecule has 21 heavy (non-hydrogen) atoms. The predicted octanol–water partition coefficient (Wildman–Crippen LogP) is 1.36. The number of rotatable bonds is 2. The summed E-state index contributed by atoms with van der Waals surface area (Å²) in [5.41, 5.74) is 1.76. The SMILES string of the molecule is O=C(N[C@@H]1CCn2nccc2C1)c1ccc2c(c1)OCO2. The van der Waals surface area contributed by atoms with E-state index < -0.39 is 0 Å². The molecule has 0 fully saturated rings. The fourth-order valence-electron chi connectivity index (χ4n) is 2.80. The van der Waals surface area contributed by atoms with Crippen LogP contribution in [-0.4, -0.2) is 28.5 Å². The van der Waals surface area contributed by atoms with E-state index in [2.05, 4.69) is 10.4 Å². The van der Waals surface area contributed by atoms with Crippen molar-refractivity contribution >= 4 is 5.91 Å². The van der Waals surface area contributed by atoms with Gasteiger partial charge in [0.15, 0.2) is 11.5 Å². The second-order valence-electron chi connectivity index (χ2n) is 5.28. The third-order valence-corrected chi connectivity index (χ3v) is 3.92. The molecule has 3 heterocycles. The first-order valence-corrected chi connectivity index (χ1v) is 7.01. The lowest BCUT2D eigenvalue weighted by Gasteiger charge is -2.24. The number of hydrogen-bond acceptors (Lipinski definition) is 4. The van der Waals surface area contributed by atoms with Crippen molar-refractivity contribution < 1.29 is 14.3 Å². The van der Waals surface area contributed by atoms with Gasteiger partial charge in [-0.15, -0.1) is 0 Å². The number of aryl methyl sites for hydroxylation is 1. The van der Waals surface area contributed by atoms with Crippen LogP contribution < -0.4 is 14.8 Å². The van der Waals surface area contributed by atoms with Crippen LogP contribution in [0.25, 0.3) is 0 Å². The molecule has 0 saturated heterocycles. The zero-order valence-corrected chi connectivity index (χ0v) is 11.4. The lowest BCUT2D eigenvalue weighted by atomic mass is 10.0. The molecule has 4 rings (SSSR count). The minimum absolute atomic E-state index is 0.0775. The molecule has 2 aliphatic rings. The number of amides is 1. The topological polar surface area (TPSA) is 65.4 Å². The number of nitrogens with zero attached hydrogens (tertiary/aromatic N) is 2. The number of fused-ring (bicyclic) bond motifs is 2. The molecule has 2 aromatic rings. The Morgan fingerprint density at radius 1 is 1.29 bits per heavy atom. The van der Waals surface area contributed by atoms with Crippen LogP contribution in [0, 0.1) is 0 Å². The number of aromatic nitrogens is 2. The van der Waals surface area contributed by atoms with Crippen molar-refractivity contribution in [3.63, 3.8) is 0 Å². The van der Waals surface area contributed by atoms with E-state index in [1.54, 1.807) is 24.4 Å². The molecule has 0 unspecified atom stereocenters. The molecule has 1 N–H and O–H groups in total. The Morgan fingerprint density at radius 3 is 3.14 bits per heavy atom. The average Bonchev–Trinajstić information content (AvgIpc) is 3.14. The minimum atomic E-state index is -0.0775. The number of carbonyl (C=O) groups is 1. The van der Waals surface area contributed by atoms with Gasteiger partial charge < -0.3 is 14.8 Å². The van der Waals surface area contributed by atoms with E-state index in [1.807, 2.05) is 10.7 Å². The maximum atomic E-state index is 12.3. The Labute approximate surface area is 121 Å². The van der Waals surface area contributed by atoms with Gasteiger partial charge in [0.25, 0.3) is 5.91 Å². The fourth-order valence-corrected chi connectivity index (χ4v) is 2.80. The van der Waals surface area contributed by atoms with Gasteiger partial charge in [-0.1, -0.05) is 0 Å². The molecule has 0 aliphatic carbocycles. The summed E-state index contributed by atoms with van der Waals surface area (Å²) < 4.78 is 12.5. The van der Waals surface area contributed by atoms with E-state index in [0.717, 1.165) is 25.1 Å². The van der Waals surface area contributed by atoms with Crippen LogP contribution in [-0.2, 0) is 13.0 Å². The molecule has 1 aromatic carbocycles. The lowest BCUT2D eigenvalue weighted by molar-refractivity contribution is 0.0929. The third-order valence-electron chi connectivity index (χ3n) is 3.92. The first-order valence-electron chi connectivity index (χ1n) is 7.01. The molecular weight excluding hydrogens is 270 g/mol. The van der Waals surface area contributed by atoms with Crippen LogP contribution in [0.15, 0.2) is 30.5 Å². The fraction of sp³-hybridized carbons (Fsp3) is 0.333. The quantitative estimate of drug-likeness (QED) is 0.904. The van der Waals surface area contributed by atoms with Crippen molar-refractivity contribution in [3.05, 3.63) is 41.7 Å². The van der Waals surface area contributed by atoms with Crippen molar-refractivity contribution in [2.24, 2.45) is 0 Å². The molecule has 0 radical (unpaired) electrons. The second-order valence-corrected chi connectivity index (χ2v) is 5.28. The molecule has 1 atom stereocenters. The van der Waals surface area contributed by atoms with Crippen LogP contribution in [0.4, 0.5) is 0 Å². The van der Waals surface area contributed by atoms with Crippen LogP contribution in [0.1, 0.15) is 22.5 Å². The molecule has 1 aromatic heterocycles. The number of ether oxygens (including phenoxy) is 2. The van der Waals surface area contributed by atoms with Gasteiger partial charge in [0.2, 0.25) is 6.79 Å². The Morgan fingerprint density at radius 2 is 2.19 bits per heavy atom. The molecule has 1 amide bonds. The first kappa shape index (κ1) is 12.3. The van der Waals surface area contributed by atoms with Crippen LogP contribution in [0.2, 0.25) is 0 Å². The zero-order valence-electron chi connectivity index (χ0n) is 11.4. The normalized spacial score (nSPS) is 19.1. The number of carbonyl (C=O) groups excluding carboxylic acids is 1. The van der Waals surface area contributed by atoms with Crippen molar-refractivity contribution in [2.75, 3.05) is 6.79 Å². The molecule has 0 spiro atoms. The number of benzene rings is 1. The van der Waals surface area contributed by atoms with Crippen molar-refractivity contribution in [3.8, 4) is 11.5 Å². The molecule has 6 heteroatoms. The molecule has 0 bridgehead atoms. The standard InChI is InChI=1S/C15H15N3O3/c19-15(10-1-2-13-14(7-10)21-9-20-13)17-11-4-6-18-12(8-11)3-5-16-18/h1-3,5,7,11H,4,6,8-9H2,(H,17,19)/t11-/m1/s1. The van der Waals surface area contributed by atoms with Crippen molar-refractivity contribution in [1.82, 2.24) is 15.1 Å². The van der Waals surface area contributed by atoms with Gasteiger partial charge in [-0.2, -0.15) is 5.10 Å². The van der Waals surface area contributed by atoms with E-state index in [9.17, 15) is 4.79 Å². The van der Waals surface area contributed by atoms with Gasteiger partial charge in [0, 0.05) is 36.5 Å².